The molecular formula is C27H26N4O. The number of hydrogen-bond donors (Lipinski definition) is 0. The second-order valence-corrected chi connectivity index (χ2v) is 9.06. The van der Waals surface area contributed by atoms with Gasteiger partial charge in [-0.25, -0.2) is 9.97 Å². The third kappa shape index (κ3) is 3.20. The largest absolute Gasteiger partial charge is 0.365 e. The molecule has 2 aliphatic rings. The summed E-state index contributed by atoms with van der Waals surface area (Å²) in [5, 5.41) is 3.77. The second-order valence-electron chi connectivity index (χ2n) is 9.06. The summed E-state index contributed by atoms with van der Waals surface area (Å²) in [6.07, 6.45) is 8.26. The van der Waals surface area contributed by atoms with Crippen molar-refractivity contribution in [3.05, 3.63) is 94.9 Å². The van der Waals surface area contributed by atoms with Crippen molar-refractivity contribution in [2.24, 2.45) is 0 Å². The predicted molar refractivity (Wildman–Crippen MR) is 125 cm³/mol. The monoisotopic (exact) mass is 422 g/mol. The number of benzene rings is 2. The third-order valence-electron chi connectivity index (χ3n) is 7.20. The second kappa shape index (κ2) is 7.59. The summed E-state index contributed by atoms with van der Waals surface area (Å²) < 4.78 is 5.24. The molecule has 32 heavy (non-hydrogen) atoms. The van der Waals surface area contributed by atoms with Crippen LogP contribution in [0.3, 0.4) is 0 Å². The van der Waals surface area contributed by atoms with Gasteiger partial charge in [-0.2, -0.15) is 0 Å². The van der Waals surface area contributed by atoms with Gasteiger partial charge in [0.2, 0.25) is 5.76 Å². The van der Waals surface area contributed by atoms with Gasteiger partial charge >= 0.3 is 0 Å². The van der Waals surface area contributed by atoms with Gasteiger partial charge in [0, 0.05) is 29.9 Å². The highest BCUT2D eigenvalue weighted by Gasteiger charge is 2.40. The minimum absolute atomic E-state index is 0.180. The average molecular weight is 423 g/mol. The van der Waals surface area contributed by atoms with Gasteiger partial charge in [0.1, 0.15) is 0 Å². The first-order valence-corrected chi connectivity index (χ1v) is 11.4. The van der Waals surface area contributed by atoms with Crippen molar-refractivity contribution in [3.8, 4) is 11.6 Å². The fourth-order valence-corrected chi connectivity index (χ4v) is 5.11. The van der Waals surface area contributed by atoms with Crippen molar-refractivity contribution in [3.63, 3.8) is 0 Å². The lowest BCUT2D eigenvalue weighted by molar-refractivity contribution is 0.301. The number of hydrogen-bond acceptors (Lipinski definition) is 5. The smallest absolute Gasteiger partial charge is 0.204 e. The normalized spacial score (nSPS) is 17.0. The van der Waals surface area contributed by atoms with E-state index in [0.717, 1.165) is 25.2 Å². The maximum absolute atomic E-state index is 5.24. The van der Waals surface area contributed by atoms with Gasteiger partial charge in [-0.05, 0) is 55.0 Å². The molecule has 0 atom stereocenters. The molecule has 3 heterocycles. The molecule has 1 saturated carbocycles. The van der Waals surface area contributed by atoms with E-state index in [4.69, 9.17) is 9.51 Å². The topological polar surface area (TPSA) is 55.1 Å². The van der Waals surface area contributed by atoms with Gasteiger partial charge in [-0.1, -0.05) is 53.5 Å². The van der Waals surface area contributed by atoms with Gasteiger partial charge in [-0.15, -0.1) is 0 Å². The summed E-state index contributed by atoms with van der Waals surface area (Å²) in [6, 6.07) is 20.2. The van der Waals surface area contributed by atoms with E-state index in [1.165, 1.54) is 47.2 Å². The fourth-order valence-electron chi connectivity index (χ4n) is 5.11. The molecule has 0 N–H and O–H groups in total. The van der Waals surface area contributed by atoms with Gasteiger partial charge in [0.25, 0.3) is 0 Å². The van der Waals surface area contributed by atoms with Crippen LogP contribution in [0.4, 0.5) is 5.69 Å². The maximum atomic E-state index is 5.24. The Kier molecular flexibility index (Phi) is 4.56. The molecule has 2 aromatic carbocycles. The summed E-state index contributed by atoms with van der Waals surface area (Å²) in [7, 11) is 0. The fraction of sp³-hybridized carbons (Fsp3) is 0.296. The summed E-state index contributed by atoms with van der Waals surface area (Å²) >= 11 is 0. The van der Waals surface area contributed by atoms with Crippen LogP contribution >= 0.6 is 0 Å². The number of aryl methyl sites for hydroxylation is 1. The average Bonchev–Trinajstić information content (AvgIpc) is 3.34. The molecule has 160 valence electrons. The van der Waals surface area contributed by atoms with Gasteiger partial charge < -0.3 is 9.42 Å². The Morgan fingerprint density at radius 2 is 1.69 bits per heavy atom. The first-order chi connectivity index (χ1) is 15.7. The summed E-state index contributed by atoms with van der Waals surface area (Å²) in [5.41, 5.74) is 7.91. The van der Waals surface area contributed by atoms with Gasteiger partial charge in [0.15, 0.2) is 5.82 Å². The SMILES string of the molecule is Cc1ccc(C2(c3ccc(N4CCc5cnc(-c6ccno6)nc5C4)cc3)CCC2)cc1. The molecule has 4 aromatic rings. The molecular weight excluding hydrogens is 396 g/mol. The number of anilines is 1. The number of rotatable bonds is 4. The molecule has 1 fully saturated rings. The van der Waals surface area contributed by atoms with Crippen molar-refractivity contribution in [2.75, 3.05) is 11.4 Å². The number of fused-ring (bicyclic) bond motifs is 1. The van der Waals surface area contributed by atoms with E-state index in [0.29, 0.717) is 11.6 Å². The molecule has 5 nitrogen and oxygen atoms in total. The highest BCUT2D eigenvalue weighted by Crippen LogP contribution is 2.49. The number of nitrogens with zero attached hydrogens (tertiary/aromatic N) is 4. The lowest BCUT2D eigenvalue weighted by Gasteiger charge is -2.43. The zero-order chi connectivity index (χ0) is 21.5. The van der Waals surface area contributed by atoms with Crippen LogP contribution in [0.2, 0.25) is 0 Å². The summed E-state index contributed by atoms with van der Waals surface area (Å²) in [6.45, 7) is 3.91. The highest BCUT2D eigenvalue weighted by molar-refractivity contribution is 5.54. The van der Waals surface area contributed by atoms with Crippen molar-refractivity contribution in [2.45, 2.75) is 44.6 Å². The van der Waals surface area contributed by atoms with Crippen LogP contribution < -0.4 is 4.90 Å². The van der Waals surface area contributed by atoms with Crippen LogP contribution in [-0.2, 0) is 18.4 Å². The molecule has 6 rings (SSSR count). The first kappa shape index (κ1) is 19.2. The van der Waals surface area contributed by atoms with Crippen molar-refractivity contribution in [1.29, 1.82) is 0 Å². The lowest BCUT2D eigenvalue weighted by Crippen LogP contribution is -2.35. The predicted octanol–water partition coefficient (Wildman–Crippen LogP) is 5.47. The molecule has 0 spiro atoms. The van der Waals surface area contributed by atoms with Crippen molar-refractivity contribution < 1.29 is 4.52 Å². The van der Waals surface area contributed by atoms with Crippen LogP contribution in [0.1, 0.15) is 47.2 Å². The van der Waals surface area contributed by atoms with E-state index in [1.54, 1.807) is 12.3 Å². The summed E-state index contributed by atoms with van der Waals surface area (Å²) in [4.78, 5) is 11.6. The van der Waals surface area contributed by atoms with Crippen molar-refractivity contribution in [1.82, 2.24) is 15.1 Å². The van der Waals surface area contributed by atoms with E-state index in [1.807, 2.05) is 6.20 Å². The third-order valence-corrected chi connectivity index (χ3v) is 7.20. The van der Waals surface area contributed by atoms with E-state index in [-0.39, 0.29) is 5.41 Å². The molecule has 0 radical (unpaired) electrons. The van der Waals surface area contributed by atoms with Crippen LogP contribution in [0, 0.1) is 6.92 Å². The Balaban J connectivity index is 1.25. The Bertz CT molecular complexity index is 1230. The standard InChI is InChI=1S/C27H26N4O/c1-19-3-5-21(6-4-19)27(13-2-14-27)22-7-9-23(10-8-22)31-16-12-20-17-28-26(30-24(20)18-31)25-11-15-29-32-25/h3-11,15,17H,2,12-14,16,18H2,1H3. The molecule has 5 heteroatoms. The first-order valence-electron chi connectivity index (χ1n) is 11.4. The highest BCUT2D eigenvalue weighted by atomic mass is 16.5. The zero-order valence-electron chi connectivity index (χ0n) is 18.3. The molecule has 0 amide bonds. The molecule has 0 unspecified atom stereocenters. The van der Waals surface area contributed by atoms with E-state index in [9.17, 15) is 0 Å². The summed E-state index contributed by atoms with van der Waals surface area (Å²) in [5.74, 6) is 1.21. The molecule has 1 aliphatic carbocycles. The minimum atomic E-state index is 0.180. The van der Waals surface area contributed by atoms with Crippen LogP contribution in [0.5, 0.6) is 0 Å². The molecule has 0 bridgehead atoms. The van der Waals surface area contributed by atoms with E-state index < -0.39 is 0 Å². The minimum Gasteiger partial charge on any atom is -0.365 e. The van der Waals surface area contributed by atoms with Crippen LogP contribution in [0.15, 0.2) is 71.5 Å². The van der Waals surface area contributed by atoms with E-state index >= 15 is 0 Å². The Labute approximate surface area is 188 Å². The van der Waals surface area contributed by atoms with Crippen LogP contribution in [-0.4, -0.2) is 21.7 Å². The lowest BCUT2D eigenvalue weighted by atomic mass is 9.60. The Hall–Kier alpha value is -3.47. The van der Waals surface area contributed by atoms with Crippen molar-refractivity contribution >= 4 is 5.69 Å². The zero-order valence-corrected chi connectivity index (χ0v) is 18.3. The van der Waals surface area contributed by atoms with Gasteiger partial charge in [-0.3, -0.25) is 0 Å². The Morgan fingerprint density at radius 3 is 2.34 bits per heavy atom. The molecule has 1 aliphatic heterocycles. The van der Waals surface area contributed by atoms with Gasteiger partial charge in [0.05, 0.1) is 18.4 Å². The number of aromatic nitrogens is 3. The Morgan fingerprint density at radius 1 is 0.938 bits per heavy atom. The van der Waals surface area contributed by atoms with Crippen LogP contribution in [0.25, 0.3) is 11.6 Å². The maximum Gasteiger partial charge on any atom is 0.204 e. The quantitative estimate of drug-likeness (QED) is 0.436. The van der Waals surface area contributed by atoms with E-state index in [2.05, 4.69) is 70.5 Å². The molecule has 2 aromatic heterocycles. The molecule has 0 saturated heterocycles.